The van der Waals surface area contributed by atoms with E-state index in [0.29, 0.717) is 5.92 Å². The number of hydrogen-bond acceptors (Lipinski definition) is 6. The fourth-order valence-corrected chi connectivity index (χ4v) is 5.58. The summed E-state index contributed by atoms with van der Waals surface area (Å²) in [4.78, 5) is 10.4. The zero-order valence-corrected chi connectivity index (χ0v) is 15.5. The van der Waals surface area contributed by atoms with Crippen LogP contribution in [0.25, 0.3) is 10.6 Å². The monoisotopic (exact) mass is 358 g/mol. The van der Waals surface area contributed by atoms with E-state index in [-0.39, 0.29) is 16.6 Å². The lowest BCUT2D eigenvalue weighted by atomic mass is 9.64. The van der Waals surface area contributed by atoms with E-state index in [9.17, 15) is 10.1 Å². The average molecular weight is 358 g/mol. The summed E-state index contributed by atoms with van der Waals surface area (Å²) in [6, 6.07) is 6.46. The summed E-state index contributed by atoms with van der Waals surface area (Å²) in [6.45, 7) is 7.05. The lowest BCUT2D eigenvalue weighted by Crippen LogP contribution is -2.52. The third kappa shape index (κ3) is 2.44. The number of hydrogen-bond donors (Lipinski definition) is 1. The molecule has 6 nitrogen and oxygen atoms in total. The first kappa shape index (κ1) is 16.4. The van der Waals surface area contributed by atoms with Crippen LogP contribution in [-0.4, -0.2) is 20.7 Å². The molecule has 1 N–H and O–H groups in total. The second-order valence-electron chi connectivity index (χ2n) is 7.97. The van der Waals surface area contributed by atoms with Gasteiger partial charge in [0, 0.05) is 23.2 Å². The molecule has 4 rings (SSSR count). The average Bonchev–Trinajstić information content (AvgIpc) is 3.27. The second kappa shape index (κ2) is 5.49. The van der Waals surface area contributed by atoms with E-state index < -0.39 is 4.92 Å². The summed E-state index contributed by atoms with van der Waals surface area (Å²) in [6.07, 6.45) is 3.91. The normalized spacial score (nSPS) is 29.7. The molecule has 2 aromatic rings. The highest BCUT2D eigenvalue weighted by atomic mass is 32.1. The Morgan fingerprint density at radius 1 is 1.16 bits per heavy atom. The summed E-state index contributed by atoms with van der Waals surface area (Å²) < 4.78 is 0. The van der Waals surface area contributed by atoms with Gasteiger partial charge in [-0.3, -0.25) is 10.1 Å². The Bertz CT molecular complexity index is 817. The predicted molar refractivity (Wildman–Crippen MR) is 98.6 cm³/mol. The van der Waals surface area contributed by atoms with E-state index in [4.69, 9.17) is 0 Å². The minimum atomic E-state index is -0.394. The molecule has 2 saturated carbocycles. The molecule has 0 amide bonds. The standard InChI is InChI=1S/C18H22N4O2S/c1-17(2)12-6-7-13(10-12)18(17,3)19-16-21-20-15(25-16)11-4-8-14(9-5-11)22(23)24/h4-5,8-9,12-13H,6-7,10H2,1-3H3,(H,19,21). The molecule has 0 aliphatic heterocycles. The van der Waals surface area contributed by atoms with Crippen LogP contribution in [0.1, 0.15) is 40.0 Å². The maximum atomic E-state index is 10.8. The summed E-state index contributed by atoms with van der Waals surface area (Å²) in [5, 5.41) is 24.7. The second-order valence-corrected chi connectivity index (χ2v) is 8.95. The molecule has 1 aromatic carbocycles. The van der Waals surface area contributed by atoms with Crippen molar-refractivity contribution in [1.82, 2.24) is 10.2 Å². The molecule has 2 fully saturated rings. The number of non-ortho nitro benzene ring substituents is 1. The lowest BCUT2D eigenvalue weighted by molar-refractivity contribution is -0.384. The van der Waals surface area contributed by atoms with Gasteiger partial charge in [0.2, 0.25) is 5.13 Å². The van der Waals surface area contributed by atoms with Gasteiger partial charge in [0.05, 0.1) is 4.92 Å². The van der Waals surface area contributed by atoms with Crippen LogP contribution >= 0.6 is 11.3 Å². The quantitative estimate of drug-likeness (QED) is 0.630. The van der Waals surface area contributed by atoms with Crippen LogP contribution in [0.5, 0.6) is 0 Å². The van der Waals surface area contributed by atoms with Crippen molar-refractivity contribution in [1.29, 1.82) is 0 Å². The van der Waals surface area contributed by atoms with Gasteiger partial charge in [-0.05, 0) is 55.6 Å². The number of nitrogens with zero attached hydrogens (tertiary/aromatic N) is 3. The van der Waals surface area contributed by atoms with E-state index >= 15 is 0 Å². The summed E-state index contributed by atoms with van der Waals surface area (Å²) in [7, 11) is 0. The van der Waals surface area contributed by atoms with E-state index in [1.165, 1.54) is 42.7 Å². The van der Waals surface area contributed by atoms with Crippen molar-refractivity contribution in [3.63, 3.8) is 0 Å². The van der Waals surface area contributed by atoms with Crippen molar-refractivity contribution in [3.05, 3.63) is 34.4 Å². The van der Waals surface area contributed by atoms with Gasteiger partial charge in [-0.2, -0.15) is 0 Å². The molecule has 0 spiro atoms. The molecular weight excluding hydrogens is 336 g/mol. The third-order valence-corrected chi connectivity index (χ3v) is 7.61. The van der Waals surface area contributed by atoms with Gasteiger partial charge in [-0.1, -0.05) is 25.2 Å². The smallest absolute Gasteiger partial charge is 0.269 e. The highest BCUT2D eigenvalue weighted by Gasteiger charge is 2.60. The van der Waals surface area contributed by atoms with Crippen LogP contribution in [0.2, 0.25) is 0 Å². The van der Waals surface area contributed by atoms with Crippen molar-refractivity contribution in [3.8, 4) is 10.6 Å². The number of benzene rings is 1. The van der Waals surface area contributed by atoms with Crippen LogP contribution in [0, 0.1) is 27.4 Å². The number of nitrogens with one attached hydrogen (secondary N) is 1. The largest absolute Gasteiger partial charge is 0.354 e. The van der Waals surface area contributed by atoms with Crippen LogP contribution < -0.4 is 5.32 Å². The van der Waals surface area contributed by atoms with Crippen LogP contribution in [0.4, 0.5) is 10.8 Å². The number of nitro groups is 1. The van der Waals surface area contributed by atoms with E-state index in [1.807, 2.05) is 0 Å². The van der Waals surface area contributed by atoms with Gasteiger partial charge in [-0.25, -0.2) is 0 Å². The molecule has 25 heavy (non-hydrogen) atoms. The Kier molecular flexibility index (Phi) is 3.61. The van der Waals surface area contributed by atoms with E-state index in [0.717, 1.165) is 21.6 Å². The fraction of sp³-hybridized carbons (Fsp3) is 0.556. The van der Waals surface area contributed by atoms with Crippen LogP contribution in [0.15, 0.2) is 24.3 Å². The molecule has 1 heterocycles. The fourth-order valence-electron chi connectivity index (χ4n) is 4.71. The van der Waals surface area contributed by atoms with Gasteiger partial charge < -0.3 is 5.32 Å². The van der Waals surface area contributed by atoms with E-state index in [1.54, 1.807) is 12.1 Å². The zero-order valence-electron chi connectivity index (χ0n) is 14.7. The topological polar surface area (TPSA) is 81.0 Å². The molecular formula is C18H22N4O2S. The highest BCUT2D eigenvalue weighted by molar-refractivity contribution is 7.18. The third-order valence-electron chi connectivity index (χ3n) is 6.72. The molecule has 2 aliphatic carbocycles. The van der Waals surface area contributed by atoms with Crippen molar-refractivity contribution < 1.29 is 4.92 Å². The van der Waals surface area contributed by atoms with Gasteiger partial charge in [0.15, 0.2) is 0 Å². The van der Waals surface area contributed by atoms with Crippen molar-refractivity contribution in [2.75, 3.05) is 5.32 Å². The molecule has 2 aliphatic rings. The Morgan fingerprint density at radius 2 is 1.84 bits per heavy atom. The number of fused-ring (bicyclic) bond motifs is 2. The Morgan fingerprint density at radius 3 is 2.44 bits per heavy atom. The summed E-state index contributed by atoms with van der Waals surface area (Å²) in [5.74, 6) is 1.45. The summed E-state index contributed by atoms with van der Waals surface area (Å²) >= 11 is 1.51. The van der Waals surface area contributed by atoms with Crippen molar-refractivity contribution >= 4 is 22.2 Å². The number of anilines is 1. The van der Waals surface area contributed by atoms with Crippen molar-refractivity contribution in [2.45, 2.75) is 45.6 Å². The zero-order chi connectivity index (χ0) is 17.8. The summed E-state index contributed by atoms with van der Waals surface area (Å²) in [5.41, 5.74) is 1.20. The Hall–Kier alpha value is -2.02. The van der Waals surface area contributed by atoms with Crippen molar-refractivity contribution in [2.24, 2.45) is 17.3 Å². The molecule has 132 valence electrons. The number of nitro benzene ring substituents is 1. The molecule has 3 unspecified atom stereocenters. The van der Waals surface area contributed by atoms with Crippen LogP contribution in [-0.2, 0) is 0 Å². The molecule has 3 atom stereocenters. The van der Waals surface area contributed by atoms with E-state index in [2.05, 4.69) is 36.3 Å². The molecule has 0 radical (unpaired) electrons. The number of aromatic nitrogens is 2. The first-order valence-corrected chi connectivity index (χ1v) is 9.49. The maximum absolute atomic E-state index is 10.8. The first-order chi connectivity index (χ1) is 11.8. The molecule has 0 saturated heterocycles. The maximum Gasteiger partial charge on any atom is 0.269 e. The van der Waals surface area contributed by atoms with Gasteiger partial charge in [0.1, 0.15) is 5.01 Å². The SMILES string of the molecule is CC1(C)C2CCC(C2)C1(C)Nc1nnc(-c2ccc([N+](=O)[O-])cc2)s1. The highest BCUT2D eigenvalue weighted by Crippen LogP contribution is 2.62. The Labute approximate surface area is 150 Å². The van der Waals surface area contributed by atoms with Gasteiger partial charge >= 0.3 is 0 Å². The molecule has 1 aromatic heterocycles. The molecule has 2 bridgehead atoms. The Balaban J connectivity index is 1.57. The minimum absolute atomic E-state index is 0.0300. The lowest BCUT2D eigenvalue weighted by Gasteiger charge is -2.48. The van der Waals surface area contributed by atoms with Gasteiger partial charge in [0.25, 0.3) is 5.69 Å². The minimum Gasteiger partial charge on any atom is -0.354 e. The number of rotatable bonds is 4. The van der Waals surface area contributed by atoms with Crippen LogP contribution in [0.3, 0.4) is 0 Å². The van der Waals surface area contributed by atoms with Gasteiger partial charge in [-0.15, -0.1) is 10.2 Å². The predicted octanol–water partition coefficient (Wildman–Crippen LogP) is 4.74. The first-order valence-electron chi connectivity index (χ1n) is 8.68. The molecule has 7 heteroatoms.